The summed E-state index contributed by atoms with van der Waals surface area (Å²) in [6.45, 7) is 9.60. The van der Waals surface area contributed by atoms with Gasteiger partial charge in [0.25, 0.3) is 0 Å². The van der Waals surface area contributed by atoms with Gasteiger partial charge < -0.3 is 10.7 Å². The van der Waals surface area contributed by atoms with Gasteiger partial charge in [-0.3, -0.25) is 14.9 Å². The molecule has 6 heteroatoms. The number of rotatable bonds is 11. The third-order valence-electron chi connectivity index (χ3n) is 5.71. The Labute approximate surface area is 195 Å². The molecule has 0 bridgehead atoms. The molecule has 0 saturated carbocycles. The minimum absolute atomic E-state index is 0.363. The zero-order chi connectivity index (χ0) is 23.8. The highest BCUT2D eigenvalue weighted by atomic mass is 19.1. The predicted molar refractivity (Wildman–Crippen MR) is 137 cm³/mol. The van der Waals surface area contributed by atoms with Crippen molar-refractivity contribution in [3.8, 4) is 11.3 Å². The molecule has 0 fully saturated rings. The fourth-order valence-corrected chi connectivity index (χ4v) is 3.90. The van der Waals surface area contributed by atoms with Gasteiger partial charge in [0.1, 0.15) is 6.67 Å². The van der Waals surface area contributed by atoms with Crippen LogP contribution in [0.2, 0.25) is 0 Å². The van der Waals surface area contributed by atoms with Crippen molar-refractivity contribution in [3.63, 3.8) is 0 Å². The Kier molecular flexibility index (Phi) is 8.44. The zero-order valence-corrected chi connectivity index (χ0v) is 19.7. The van der Waals surface area contributed by atoms with Gasteiger partial charge in [0.05, 0.1) is 17.1 Å². The monoisotopic (exact) mass is 445 g/mol. The molecule has 2 aromatic heterocycles. The summed E-state index contributed by atoms with van der Waals surface area (Å²) in [5.74, 6) is 0. The Morgan fingerprint density at radius 3 is 2.58 bits per heavy atom. The average molecular weight is 446 g/mol. The summed E-state index contributed by atoms with van der Waals surface area (Å²) in [6.07, 6.45) is 6.03. The second-order valence-corrected chi connectivity index (χ2v) is 8.10. The molecule has 2 heterocycles. The molecule has 5 nitrogen and oxygen atoms in total. The number of benzene rings is 1. The average Bonchev–Trinajstić information content (AvgIpc) is 2.84. The smallest absolute Gasteiger partial charge is 0.102 e. The number of nitrogens with one attached hydrogen (secondary N) is 2. The highest BCUT2D eigenvalue weighted by Crippen LogP contribution is 2.26. The Hall–Kier alpha value is -3.38. The van der Waals surface area contributed by atoms with Crippen LogP contribution < -0.4 is 5.32 Å². The lowest BCUT2D eigenvalue weighted by Crippen LogP contribution is -2.29. The first kappa shape index (κ1) is 24.3. The van der Waals surface area contributed by atoms with Gasteiger partial charge in [0.15, 0.2) is 0 Å². The normalized spacial score (nSPS) is 12.0. The van der Waals surface area contributed by atoms with Crippen LogP contribution in [0.5, 0.6) is 0 Å². The van der Waals surface area contributed by atoms with Crippen LogP contribution >= 0.6 is 0 Å². The standard InChI is InChI=1S/C27H32FN5/c1-5-11-33(12-10-28)18-19(2)25(15-29)21-6-7-22-16-32-27(14-24(22)13-21)23-8-9-26(31-17-23)20(3)30-4/h6-9,13-17,29-30H,3,5,10-12,18H2,1-2,4H3/b25-19-,29-15?. The van der Waals surface area contributed by atoms with Crippen LogP contribution in [0.15, 0.2) is 60.9 Å². The minimum Gasteiger partial charge on any atom is -0.387 e. The van der Waals surface area contributed by atoms with Crippen molar-refractivity contribution >= 4 is 28.3 Å². The Bertz CT molecular complexity index is 1140. The third-order valence-corrected chi connectivity index (χ3v) is 5.71. The maximum atomic E-state index is 12.9. The molecular weight excluding hydrogens is 413 g/mol. The van der Waals surface area contributed by atoms with E-state index >= 15 is 0 Å². The lowest BCUT2D eigenvalue weighted by atomic mass is 9.98. The summed E-state index contributed by atoms with van der Waals surface area (Å²) in [4.78, 5) is 11.2. The molecule has 0 unspecified atom stereocenters. The van der Waals surface area contributed by atoms with Crippen molar-refractivity contribution in [1.29, 1.82) is 5.41 Å². The molecule has 3 aromatic rings. The number of alkyl halides is 1. The maximum absolute atomic E-state index is 12.9. The number of hydrogen-bond acceptors (Lipinski definition) is 5. The Balaban J connectivity index is 1.94. The number of pyridine rings is 2. The van der Waals surface area contributed by atoms with Crippen molar-refractivity contribution < 1.29 is 4.39 Å². The first-order valence-corrected chi connectivity index (χ1v) is 11.2. The van der Waals surface area contributed by atoms with Crippen LogP contribution in [0.4, 0.5) is 4.39 Å². The number of halogens is 1. The molecular formula is C27H32FN5. The molecule has 172 valence electrons. The fraction of sp³-hybridized carbons (Fsp3) is 0.296. The quantitative estimate of drug-likeness (QED) is 0.378. The SMILES string of the molecule is C=C(NC)c1ccc(-c2cc3cc(/C(C=N)=C(/C)CN(CCC)CCF)ccc3cn2)cn1. The van der Waals surface area contributed by atoms with Crippen LogP contribution in [-0.2, 0) is 0 Å². The van der Waals surface area contributed by atoms with Crippen LogP contribution in [0.3, 0.4) is 0 Å². The van der Waals surface area contributed by atoms with E-state index in [2.05, 4.69) is 39.8 Å². The van der Waals surface area contributed by atoms with Gasteiger partial charge in [0.2, 0.25) is 0 Å². The van der Waals surface area contributed by atoms with Crippen molar-refractivity contribution in [1.82, 2.24) is 20.2 Å². The minimum atomic E-state index is -0.363. The first-order chi connectivity index (χ1) is 16.0. The van der Waals surface area contributed by atoms with Gasteiger partial charge in [-0.25, -0.2) is 4.39 Å². The van der Waals surface area contributed by atoms with Crippen LogP contribution in [-0.4, -0.2) is 54.4 Å². The van der Waals surface area contributed by atoms with Gasteiger partial charge in [-0.15, -0.1) is 0 Å². The van der Waals surface area contributed by atoms with Crippen molar-refractivity contribution in [2.24, 2.45) is 0 Å². The number of hydrogen-bond donors (Lipinski definition) is 2. The molecule has 0 amide bonds. The molecule has 33 heavy (non-hydrogen) atoms. The van der Waals surface area contributed by atoms with Gasteiger partial charge in [-0.1, -0.05) is 25.6 Å². The zero-order valence-electron chi connectivity index (χ0n) is 19.7. The van der Waals surface area contributed by atoms with Gasteiger partial charge in [-0.2, -0.15) is 0 Å². The van der Waals surface area contributed by atoms with E-state index in [0.717, 1.165) is 63.1 Å². The van der Waals surface area contributed by atoms with Crippen molar-refractivity contribution in [3.05, 3.63) is 72.2 Å². The van der Waals surface area contributed by atoms with E-state index in [1.165, 1.54) is 6.21 Å². The van der Waals surface area contributed by atoms with E-state index in [0.29, 0.717) is 13.1 Å². The summed E-state index contributed by atoms with van der Waals surface area (Å²) in [5.41, 5.74) is 6.23. The van der Waals surface area contributed by atoms with Gasteiger partial charge in [0, 0.05) is 49.7 Å². The second kappa shape index (κ2) is 11.5. The van der Waals surface area contributed by atoms with Crippen LogP contribution in [0, 0.1) is 5.41 Å². The van der Waals surface area contributed by atoms with Crippen molar-refractivity contribution in [2.45, 2.75) is 20.3 Å². The second-order valence-electron chi connectivity index (χ2n) is 8.10. The molecule has 0 radical (unpaired) electrons. The van der Waals surface area contributed by atoms with E-state index in [1.807, 2.05) is 50.5 Å². The largest absolute Gasteiger partial charge is 0.387 e. The fourth-order valence-electron chi connectivity index (χ4n) is 3.90. The van der Waals surface area contributed by atoms with Crippen LogP contribution in [0.25, 0.3) is 33.3 Å². The first-order valence-electron chi connectivity index (χ1n) is 11.2. The summed E-state index contributed by atoms with van der Waals surface area (Å²) >= 11 is 0. The molecule has 0 aliphatic heterocycles. The highest BCUT2D eigenvalue weighted by Gasteiger charge is 2.11. The van der Waals surface area contributed by atoms with Gasteiger partial charge >= 0.3 is 0 Å². The summed E-state index contributed by atoms with van der Waals surface area (Å²) in [7, 11) is 1.82. The number of allylic oxidation sites excluding steroid dienone is 1. The lowest BCUT2D eigenvalue weighted by molar-refractivity contribution is 0.266. The van der Waals surface area contributed by atoms with E-state index in [-0.39, 0.29) is 6.67 Å². The molecule has 0 aliphatic carbocycles. The van der Waals surface area contributed by atoms with E-state index in [9.17, 15) is 4.39 Å². The third kappa shape index (κ3) is 5.90. The number of aromatic nitrogens is 2. The van der Waals surface area contributed by atoms with E-state index in [1.54, 1.807) is 6.20 Å². The molecule has 0 aliphatic rings. The topological polar surface area (TPSA) is 64.9 Å². The van der Waals surface area contributed by atoms with E-state index in [4.69, 9.17) is 5.41 Å². The highest BCUT2D eigenvalue weighted by molar-refractivity contribution is 6.10. The molecule has 0 atom stereocenters. The van der Waals surface area contributed by atoms with E-state index < -0.39 is 0 Å². The molecule has 3 rings (SSSR count). The van der Waals surface area contributed by atoms with Crippen LogP contribution in [0.1, 0.15) is 31.5 Å². The summed E-state index contributed by atoms with van der Waals surface area (Å²) < 4.78 is 12.9. The molecule has 0 spiro atoms. The maximum Gasteiger partial charge on any atom is 0.102 e. The number of fused-ring (bicyclic) bond motifs is 1. The lowest BCUT2D eigenvalue weighted by Gasteiger charge is -2.21. The van der Waals surface area contributed by atoms with Gasteiger partial charge in [-0.05, 0) is 66.3 Å². The molecule has 1 aromatic carbocycles. The Morgan fingerprint density at radius 1 is 1.12 bits per heavy atom. The number of nitrogens with zero attached hydrogens (tertiary/aromatic N) is 3. The van der Waals surface area contributed by atoms with Crippen molar-refractivity contribution in [2.75, 3.05) is 33.4 Å². The summed E-state index contributed by atoms with van der Waals surface area (Å²) in [6, 6.07) is 12.1. The predicted octanol–water partition coefficient (Wildman–Crippen LogP) is 5.59. The summed E-state index contributed by atoms with van der Waals surface area (Å²) in [5, 5.41) is 13.1. The molecule has 2 N–H and O–H groups in total. The Morgan fingerprint density at radius 2 is 1.94 bits per heavy atom. The molecule has 0 saturated heterocycles.